The molecule has 11 heteroatoms. The zero-order chi connectivity index (χ0) is 24.7. The Kier molecular flexibility index (Phi) is 10.1. The molecular formula is C24H29F3N4O3S. The molecule has 1 fully saturated rings. The first-order chi connectivity index (χ1) is 16.2. The predicted octanol–water partition coefficient (Wildman–Crippen LogP) is 6.23. The number of anilines is 2. The number of aromatic nitrogens is 3. The van der Waals surface area contributed by atoms with E-state index < -0.39 is 11.9 Å². The number of nitrogens with one attached hydrogen (secondary N) is 1. The topological polar surface area (TPSA) is 120 Å². The fourth-order valence-electron chi connectivity index (χ4n) is 4.17. The number of alkyl halides is 3. The molecule has 1 saturated carbocycles. The number of benzene rings is 1. The highest BCUT2D eigenvalue weighted by atomic mass is 32.1. The van der Waals surface area contributed by atoms with Crippen molar-refractivity contribution in [2.75, 3.05) is 5.32 Å². The molecule has 35 heavy (non-hydrogen) atoms. The van der Waals surface area contributed by atoms with Crippen LogP contribution in [0.5, 0.6) is 0 Å². The molecule has 190 valence electrons. The van der Waals surface area contributed by atoms with E-state index in [1.54, 1.807) is 11.3 Å². The van der Waals surface area contributed by atoms with E-state index in [9.17, 15) is 13.2 Å². The average Bonchev–Trinajstić information content (AvgIpc) is 3.29. The van der Waals surface area contributed by atoms with Gasteiger partial charge in [-0.05, 0) is 55.0 Å². The fourth-order valence-corrected chi connectivity index (χ4v) is 5.22. The van der Waals surface area contributed by atoms with Crippen molar-refractivity contribution in [2.45, 2.75) is 58.0 Å². The van der Waals surface area contributed by atoms with E-state index in [0.29, 0.717) is 17.5 Å². The number of aryl methyl sites for hydroxylation is 1. The summed E-state index contributed by atoms with van der Waals surface area (Å²) < 4.78 is 38.8. The Morgan fingerprint density at radius 1 is 1.17 bits per heavy atom. The SMILES string of the molecule is Cc1cc(Nc2nccc(C(F)(F)F)n2)cc(-c2cnc(C(C)C3CCCCC3)s2)c1.O.O=CO. The Morgan fingerprint density at radius 3 is 2.51 bits per heavy atom. The summed E-state index contributed by atoms with van der Waals surface area (Å²) in [5, 5.41) is 11.0. The summed E-state index contributed by atoms with van der Waals surface area (Å²) in [4.78, 5) is 21.6. The van der Waals surface area contributed by atoms with Crippen LogP contribution in [0, 0.1) is 12.8 Å². The van der Waals surface area contributed by atoms with Gasteiger partial charge in [0.05, 0.1) is 9.88 Å². The van der Waals surface area contributed by atoms with Crippen molar-refractivity contribution in [1.29, 1.82) is 0 Å². The van der Waals surface area contributed by atoms with Crippen molar-refractivity contribution in [3.8, 4) is 10.4 Å². The highest BCUT2D eigenvalue weighted by Crippen LogP contribution is 2.39. The van der Waals surface area contributed by atoms with Gasteiger partial charge in [0.15, 0.2) is 0 Å². The standard InChI is InChI=1S/C23H25F3N4S.CH2O2.H2O/c1-14-10-17(19-13-28-21(31-19)15(2)16-6-4-3-5-7-16)12-18(11-14)29-22-27-9-8-20(30-22)23(24,25)26;2-1-3;/h8-13,15-16H,3-7H2,1-2H3,(H,27,29,30);1H,(H,2,3);1H2. The average molecular weight is 511 g/mol. The zero-order valence-corrected chi connectivity index (χ0v) is 20.3. The van der Waals surface area contributed by atoms with E-state index >= 15 is 0 Å². The van der Waals surface area contributed by atoms with Crippen LogP contribution in [-0.2, 0) is 11.0 Å². The van der Waals surface area contributed by atoms with Gasteiger partial charge in [-0.25, -0.2) is 15.0 Å². The van der Waals surface area contributed by atoms with Gasteiger partial charge >= 0.3 is 6.18 Å². The monoisotopic (exact) mass is 510 g/mol. The molecule has 1 aliphatic rings. The van der Waals surface area contributed by atoms with Crippen LogP contribution in [0.4, 0.5) is 24.8 Å². The van der Waals surface area contributed by atoms with Crippen molar-refractivity contribution in [3.05, 3.63) is 52.9 Å². The van der Waals surface area contributed by atoms with Gasteiger partial charge in [0.2, 0.25) is 5.95 Å². The number of halogens is 3. The molecule has 1 aliphatic carbocycles. The van der Waals surface area contributed by atoms with Crippen molar-refractivity contribution in [3.63, 3.8) is 0 Å². The quantitative estimate of drug-likeness (QED) is 0.393. The molecule has 4 rings (SSSR count). The van der Waals surface area contributed by atoms with E-state index in [-0.39, 0.29) is 17.9 Å². The van der Waals surface area contributed by atoms with Gasteiger partial charge in [-0.15, -0.1) is 11.3 Å². The Balaban J connectivity index is 0.00000103. The molecule has 1 unspecified atom stereocenters. The summed E-state index contributed by atoms with van der Waals surface area (Å²) in [6.07, 6.45) is 4.98. The van der Waals surface area contributed by atoms with E-state index in [0.717, 1.165) is 33.3 Å². The fraction of sp³-hybridized carbons (Fsp3) is 0.417. The van der Waals surface area contributed by atoms with Gasteiger partial charge < -0.3 is 15.9 Å². The molecule has 0 spiro atoms. The Hall–Kier alpha value is -3.05. The van der Waals surface area contributed by atoms with Crippen molar-refractivity contribution < 1.29 is 28.5 Å². The second-order valence-corrected chi connectivity index (χ2v) is 9.39. The van der Waals surface area contributed by atoms with E-state index in [2.05, 4.69) is 28.3 Å². The van der Waals surface area contributed by atoms with Crippen LogP contribution in [0.1, 0.15) is 61.2 Å². The summed E-state index contributed by atoms with van der Waals surface area (Å²) in [6, 6.07) is 6.68. The van der Waals surface area contributed by atoms with Crippen LogP contribution >= 0.6 is 11.3 Å². The first kappa shape index (κ1) is 28.2. The Labute approximate surface area is 205 Å². The highest BCUT2D eigenvalue weighted by Gasteiger charge is 2.32. The number of hydrogen-bond donors (Lipinski definition) is 2. The number of nitrogens with zero attached hydrogens (tertiary/aromatic N) is 3. The minimum atomic E-state index is -4.51. The van der Waals surface area contributed by atoms with Gasteiger partial charge in [0, 0.05) is 24.0 Å². The summed E-state index contributed by atoms with van der Waals surface area (Å²) >= 11 is 1.70. The van der Waals surface area contributed by atoms with Crippen LogP contribution in [0.2, 0.25) is 0 Å². The third kappa shape index (κ3) is 7.72. The highest BCUT2D eigenvalue weighted by molar-refractivity contribution is 7.15. The molecule has 7 nitrogen and oxygen atoms in total. The molecule has 1 aromatic carbocycles. The Morgan fingerprint density at radius 2 is 1.86 bits per heavy atom. The molecule has 0 aliphatic heterocycles. The van der Waals surface area contributed by atoms with Gasteiger partial charge in [0.25, 0.3) is 6.47 Å². The second kappa shape index (κ2) is 12.6. The minimum absolute atomic E-state index is 0. The smallest absolute Gasteiger partial charge is 0.433 e. The predicted molar refractivity (Wildman–Crippen MR) is 130 cm³/mol. The van der Waals surface area contributed by atoms with Crippen LogP contribution < -0.4 is 5.32 Å². The maximum Gasteiger partial charge on any atom is 0.433 e. The summed E-state index contributed by atoms with van der Waals surface area (Å²) in [6.45, 7) is 3.97. The molecule has 2 heterocycles. The molecular weight excluding hydrogens is 481 g/mol. The van der Waals surface area contributed by atoms with Crippen molar-refractivity contribution in [2.24, 2.45) is 5.92 Å². The first-order valence-electron chi connectivity index (χ1n) is 11.0. The lowest BCUT2D eigenvalue weighted by atomic mass is 9.81. The lowest BCUT2D eigenvalue weighted by molar-refractivity contribution is -0.141. The summed E-state index contributed by atoms with van der Waals surface area (Å²) in [5.74, 6) is 1.06. The third-order valence-corrected chi connectivity index (χ3v) is 7.08. The van der Waals surface area contributed by atoms with E-state index in [1.165, 1.54) is 32.1 Å². The van der Waals surface area contributed by atoms with Crippen molar-refractivity contribution >= 4 is 29.4 Å². The van der Waals surface area contributed by atoms with Crippen LogP contribution in [0.3, 0.4) is 0 Å². The molecule has 4 N–H and O–H groups in total. The maximum atomic E-state index is 12.9. The van der Waals surface area contributed by atoms with Gasteiger partial charge in [-0.1, -0.05) is 32.3 Å². The number of carbonyl (C=O) groups is 1. The number of carboxylic acid groups (broad SMARTS) is 1. The van der Waals surface area contributed by atoms with Gasteiger partial charge in [-0.2, -0.15) is 13.2 Å². The largest absolute Gasteiger partial charge is 0.483 e. The molecule has 0 radical (unpaired) electrons. The number of rotatable bonds is 5. The van der Waals surface area contributed by atoms with Crippen LogP contribution in [0.25, 0.3) is 10.4 Å². The molecule has 0 saturated heterocycles. The third-order valence-electron chi connectivity index (χ3n) is 5.83. The second-order valence-electron chi connectivity index (χ2n) is 8.33. The summed E-state index contributed by atoms with van der Waals surface area (Å²) in [7, 11) is 0. The molecule has 3 aromatic rings. The van der Waals surface area contributed by atoms with E-state index in [4.69, 9.17) is 14.9 Å². The molecule has 2 aromatic heterocycles. The molecule has 1 atom stereocenters. The first-order valence-corrected chi connectivity index (χ1v) is 11.9. The normalized spacial score (nSPS) is 14.8. The molecule has 0 amide bonds. The zero-order valence-electron chi connectivity index (χ0n) is 19.5. The van der Waals surface area contributed by atoms with Gasteiger partial charge in [-0.3, -0.25) is 4.79 Å². The van der Waals surface area contributed by atoms with Crippen LogP contribution in [0.15, 0.2) is 36.7 Å². The van der Waals surface area contributed by atoms with Crippen LogP contribution in [-0.4, -0.2) is 32.0 Å². The maximum absolute atomic E-state index is 12.9. The number of hydrogen-bond acceptors (Lipinski definition) is 6. The Bertz CT molecular complexity index is 1100. The van der Waals surface area contributed by atoms with Gasteiger partial charge in [0.1, 0.15) is 5.69 Å². The lowest BCUT2D eigenvalue weighted by Crippen LogP contribution is -2.13. The summed E-state index contributed by atoms with van der Waals surface area (Å²) in [5.41, 5.74) is 1.64. The molecule has 0 bridgehead atoms. The van der Waals surface area contributed by atoms with Crippen molar-refractivity contribution in [1.82, 2.24) is 15.0 Å². The lowest BCUT2D eigenvalue weighted by Gasteiger charge is -2.26. The minimum Gasteiger partial charge on any atom is -0.483 e. The van der Waals surface area contributed by atoms with E-state index in [1.807, 2.05) is 25.3 Å². The number of thiazole rings is 1.